The van der Waals surface area contributed by atoms with Gasteiger partial charge >= 0.3 is 0 Å². The molecular formula is C14H26N2O2S2. The van der Waals surface area contributed by atoms with Gasteiger partial charge in [0.15, 0.2) is 0 Å². The summed E-state index contributed by atoms with van der Waals surface area (Å²) in [6, 6.07) is 1.81. The van der Waals surface area contributed by atoms with Crippen molar-refractivity contribution < 1.29 is 8.42 Å². The van der Waals surface area contributed by atoms with Gasteiger partial charge in [-0.25, -0.2) is 13.1 Å². The molecule has 1 atom stereocenters. The quantitative estimate of drug-likeness (QED) is 0.697. The van der Waals surface area contributed by atoms with E-state index in [1.807, 2.05) is 7.05 Å². The maximum atomic E-state index is 12.4. The van der Waals surface area contributed by atoms with Crippen LogP contribution in [0.15, 0.2) is 16.3 Å². The summed E-state index contributed by atoms with van der Waals surface area (Å²) in [5, 5.41) is 4.75. The molecule has 1 unspecified atom stereocenters. The molecule has 1 heterocycles. The van der Waals surface area contributed by atoms with E-state index in [1.165, 1.54) is 11.3 Å². The van der Waals surface area contributed by atoms with E-state index < -0.39 is 10.0 Å². The Morgan fingerprint density at radius 2 is 2.00 bits per heavy atom. The summed E-state index contributed by atoms with van der Waals surface area (Å²) in [6.45, 7) is 4.91. The average Bonchev–Trinajstić information content (AvgIpc) is 2.86. The van der Waals surface area contributed by atoms with Gasteiger partial charge in [0.25, 0.3) is 0 Å². The van der Waals surface area contributed by atoms with Crippen molar-refractivity contribution in [2.24, 2.45) is 0 Å². The molecule has 1 aromatic heterocycles. The van der Waals surface area contributed by atoms with E-state index in [0.29, 0.717) is 11.4 Å². The van der Waals surface area contributed by atoms with Crippen LogP contribution in [0.4, 0.5) is 0 Å². The zero-order valence-electron chi connectivity index (χ0n) is 12.6. The Kier molecular flexibility index (Phi) is 7.72. The van der Waals surface area contributed by atoms with E-state index in [0.717, 1.165) is 37.0 Å². The largest absolute Gasteiger partial charge is 0.315 e. The summed E-state index contributed by atoms with van der Waals surface area (Å²) < 4.78 is 27.6. The molecule has 0 radical (unpaired) electrons. The Morgan fingerprint density at radius 1 is 1.25 bits per heavy atom. The maximum Gasteiger partial charge on any atom is 0.241 e. The van der Waals surface area contributed by atoms with E-state index in [2.05, 4.69) is 23.9 Å². The number of rotatable bonds is 10. The van der Waals surface area contributed by atoms with E-state index in [-0.39, 0.29) is 6.04 Å². The predicted octanol–water partition coefficient (Wildman–Crippen LogP) is 3.10. The Balaban J connectivity index is 2.74. The molecule has 4 nitrogen and oxygen atoms in total. The number of hydrogen-bond donors (Lipinski definition) is 2. The number of nitrogens with one attached hydrogen (secondary N) is 2. The molecule has 1 aromatic rings. The lowest BCUT2D eigenvalue weighted by atomic mass is 10.1. The van der Waals surface area contributed by atoms with Crippen molar-refractivity contribution >= 4 is 21.4 Å². The fourth-order valence-electron chi connectivity index (χ4n) is 2.12. The van der Waals surface area contributed by atoms with Gasteiger partial charge in [-0.15, -0.1) is 11.3 Å². The summed E-state index contributed by atoms with van der Waals surface area (Å²) in [4.78, 5) is 1.43. The molecule has 116 valence electrons. The minimum Gasteiger partial charge on any atom is -0.315 e. The molecule has 20 heavy (non-hydrogen) atoms. The molecule has 6 heteroatoms. The monoisotopic (exact) mass is 318 g/mol. The molecule has 1 rings (SSSR count). The molecule has 0 spiro atoms. The number of thiophene rings is 1. The van der Waals surface area contributed by atoms with Crippen LogP contribution in [0, 0.1) is 0 Å². The van der Waals surface area contributed by atoms with Gasteiger partial charge in [-0.2, -0.15) is 0 Å². The highest BCUT2D eigenvalue weighted by Crippen LogP contribution is 2.20. The Hall–Kier alpha value is -0.430. The van der Waals surface area contributed by atoms with Crippen LogP contribution in [0.3, 0.4) is 0 Å². The first kappa shape index (κ1) is 17.6. The molecule has 2 N–H and O–H groups in total. The zero-order chi connectivity index (χ0) is 15.0. The smallest absolute Gasteiger partial charge is 0.241 e. The number of unbranched alkanes of at least 4 members (excludes halogenated alkanes) is 1. The Morgan fingerprint density at radius 3 is 2.60 bits per heavy atom. The third-order valence-corrected chi connectivity index (χ3v) is 5.74. The summed E-state index contributed by atoms with van der Waals surface area (Å²) >= 11 is 1.48. The molecule has 0 saturated carbocycles. The van der Waals surface area contributed by atoms with Gasteiger partial charge in [0.2, 0.25) is 10.0 Å². The second kappa shape index (κ2) is 8.77. The summed E-state index contributed by atoms with van der Waals surface area (Å²) in [5.74, 6) is 0. The van der Waals surface area contributed by atoms with Gasteiger partial charge in [-0.05, 0) is 26.0 Å². The van der Waals surface area contributed by atoms with Crippen LogP contribution in [0.2, 0.25) is 0 Å². The van der Waals surface area contributed by atoms with E-state index in [1.54, 1.807) is 11.4 Å². The van der Waals surface area contributed by atoms with Crippen molar-refractivity contribution in [2.75, 3.05) is 7.05 Å². The van der Waals surface area contributed by atoms with E-state index in [4.69, 9.17) is 0 Å². The standard InChI is InChI=1S/C14H26N2O2S2/c1-4-6-8-12(7-5-2)16-20(17,18)14-9-13(10-15-3)19-11-14/h9,11-12,15-16H,4-8,10H2,1-3H3. The average molecular weight is 319 g/mol. The minimum absolute atomic E-state index is 0.0533. The summed E-state index contributed by atoms with van der Waals surface area (Å²) in [7, 11) is -1.52. The normalized spacial score (nSPS) is 13.6. The zero-order valence-corrected chi connectivity index (χ0v) is 14.2. The van der Waals surface area contributed by atoms with Gasteiger partial charge in [-0.3, -0.25) is 0 Å². The SMILES string of the molecule is CCCCC(CCC)NS(=O)(=O)c1csc(CNC)c1. The fraction of sp³-hybridized carbons (Fsp3) is 0.714. The van der Waals surface area contributed by atoms with E-state index >= 15 is 0 Å². The number of sulfonamides is 1. The first-order chi connectivity index (χ1) is 9.53. The molecule has 0 aromatic carbocycles. The van der Waals surface area contributed by atoms with Crippen LogP contribution < -0.4 is 10.0 Å². The van der Waals surface area contributed by atoms with Gasteiger partial charge in [-0.1, -0.05) is 33.1 Å². The number of hydrogen-bond acceptors (Lipinski definition) is 4. The molecule has 0 aliphatic carbocycles. The maximum absolute atomic E-state index is 12.4. The highest BCUT2D eigenvalue weighted by atomic mass is 32.2. The van der Waals surface area contributed by atoms with Crippen LogP contribution in [0.25, 0.3) is 0 Å². The lowest BCUT2D eigenvalue weighted by Gasteiger charge is -2.17. The first-order valence-corrected chi connectivity index (χ1v) is 9.64. The van der Waals surface area contributed by atoms with Crippen LogP contribution in [0.5, 0.6) is 0 Å². The molecule has 0 aliphatic rings. The van der Waals surface area contributed by atoms with Gasteiger partial charge in [0.05, 0.1) is 4.90 Å². The van der Waals surface area contributed by atoms with Crippen molar-refractivity contribution in [3.8, 4) is 0 Å². The fourth-order valence-corrected chi connectivity index (χ4v) is 4.71. The third kappa shape index (κ3) is 5.52. The first-order valence-electron chi connectivity index (χ1n) is 7.27. The molecule has 0 fully saturated rings. The van der Waals surface area contributed by atoms with Crippen LogP contribution >= 0.6 is 11.3 Å². The predicted molar refractivity (Wildman–Crippen MR) is 85.6 cm³/mol. The van der Waals surface area contributed by atoms with Gasteiger partial charge in [0, 0.05) is 22.8 Å². The molecule has 0 aliphatic heterocycles. The van der Waals surface area contributed by atoms with Gasteiger partial charge < -0.3 is 5.32 Å². The topological polar surface area (TPSA) is 58.2 Å². The second-order valence-electron chi connectivity index (χ2n) is 5.03. The third-order valence-electron chi connectivity index (χ3n) is 3.16. The van der Waals surface area contributed by atoms with E-state index in [9.17, 15) is 8.42 Å². The summed E-state index contributed by atoms with van der Waals surface area (Å²) in [6.07, 6.45) is 4.95. The van der Waals surface area contributed by atoms with Crippen molar-refractivity contribution in [1.29, 1.82) is 0 Å². The summed E-state index contributed by atoms with van der Waals surface area (Å²) in [5.41, 5.74) is 0. The van der Waals surface area contributed by atoms with Crippen LogP contribution in [-0.2, 0) is 16.6 Å². The van der Waals surface area contributed by atoms with Crippen molar-refractivity contribution in [2.45, 2.75) is 63.4 Å². The van der Waals surface area contributed by atoms with Crippen molar-refractivity contribution in [3.63, 3.8) is 0 Å². The Labute approximate surface area is 127 Å². The lowest BCUT2D eigenvalue weighted by molar-refractivity contribution is 0.483. The van der Waals surface area contributed by atoms with Gasteiger partial charge in [0.1, 0.15) is 0 Å². The molecule has 0 bridgehead atoms. The Bertz CT molecular complexity index is 483. The second-order valence-corrected chi connectivity index (χ2v) is 7.74. The molecular weight excluding hydrogens is 292 g/mol. The van der Waals surface area contributed by atoms with Crippen molar-refractivity contribution in [1.82, 2.24) is 10.0 Å². The highest BCUT2D eigenvalue weighted by Gasteiger charge is 2.20. The van der Waals surface area contributed by atoms with Crippen LogP contribution in [-0.4, -0.2) is 21.5 Å². The molecule has 0 amide bonds. The minimum atomic E-state index is -3.38. The van der Waals surface area contributed by atoms with Crippen molar-refractivity contribution in [3.05, 3.63) is 16.3 Å². The van der Waals surface area contributed by atoms with Crippen LogP contribution in [0.1, 0.15) is 50.8 Å². The lowest BCUT2D eigenvalue weighted by Crippen LogP contribution is -2.34. The highest BCUT2D eigenvalue weighted by molar-refractivity contribution is 7.89. The molecule has 0 saturated heterocycles.